The smallest absolute Gasteiger partial charge is 0.305 e. The summed E-state index contributed by atoms with van der Waals surface area (Å²) < 4.78 is 5.37. The molecule has 0 spiro atoms. The van der Waals surface area contributed by atoms with E-state index in [-0.39, 0.29) is 5.97 Å². The summed E-state index contributed by atoms with van der Waals surface area (Å²) in [5, 5.41) is 0. The Morgan fingerprint density at radius 2 is 1.11 bits per heavy atom. The third kappa shape index (κ3) is 21.8. The summed E-state index contributed by atoms with van der Waals surface area (Å²) in [6.45, 7) is 7.55. The van der Waals surface area contributed by atoms with Crippen molar-refractivity contribution in [3.8, 4) is 0 Å². The summed E-state index contributed by atoms with van der Waals surface area (Å²) in [6.07, 6.45) is 25.4. The molecule has 0 rings (SSSR count). The van der Waals surface area contributed by atoms with Gasteiger partial charge in [0.15, 0.2) is 0 Å². The van der Waals surface area contributed by atoms with Crippen molar-refractivity contribution in [2.75, 3.05) is 6.61 Å². The van der Waals surface area contributed by atoms with Gasteiger partial charge in [0, 0.05) is 6.42 Å². The van der Waals surface area contributed by atoms with Crippen LogP contribution in [0.1, 0.15) is 149 Å². The van der Waals surface area contributed by atoms with E-state index in [9.17, 15) is 4.79 Å². The highest BCUT2D eigenvalue weighted by Crippen LogP contribution is 2.15. The standard InChI is InChI=1S/C26H52O2/c1-4-6-7-8-9-10-14-17-20-23-26(27)28-24-21-18-15-12-11-13-16-19-22-25(3)5-2/h25H,4-24H2,1-3H3. The van der Waals surface area contributed by atoms with E-state index in [4.69, 9.17) is 4.74 Å². The van der Waals surface area contributed by atoms with E-state index < -0.39 is 0 Å². The number of carbonyl (C=O) groups excluding carboxylic acids is 1. The molecule has 0 aliphatic carbocycles. The van der Waals surface area contributed by atoms with Crippen molar-refractivity contribution in [1.82, 2.24) is 0 Å². The lowest BCUT2D eigenvalue weighted by Crippen LogP contribution is -2.05. The van der Waals surface area contributed by atoms with Gasteiger partial charge in [0.05, 0.1) is 6.61 Å². The number of hydrogen-bond donors (Lipinski definition) is 0. The van der Waals surface area contributed by atoms with E-state index in [1.807, 2.05) is 0 Å². The topological polar surface area (TPSA) is 26.3 Å². The molecule has 1 atom stereocenters. The molecule has 1 unspecified atom stereocenters. The van der Waals surface area contributed by atoms with Crippen molar-refractivity contribution < 1.29 is 9.53 Å². The maximum Gasteiger partial charge on any atom is 0.305 e. The maximum atomic E-state index is 11.7. The minimum absolute atomic E-state index is 0.0178. The molecule has 0 aromatic carbocycles. The average Bonchev–Trinajstić information content (AvgIpc) is 2.70. The first-order chi connectivity index (χ1) is 13.7. The second kappa shape index (κ2) is 22.8. The summed E-state index contributed by atoms with van der Waals surface area (Å²) >= 11 is 0. The predicted molar refractivity (Wildman–Crippen MR) is 124 cm³/mol. The number of carbonyl (C=O) groups is 1. The van der Waals surface area contributed by atoms with Gasteiger partial charge in [-0.3, -0.25) is 4.79 Å². The van der Waals surface area contributed by atoms with Crippen LogP contribution in [-0.4, -0.2) is 12.6 Å². The Morgan fingerprint density at radius 3 is 1.64 bits per heavy atom. The van der Waals surface area contributed by atoms with E-state index in [1.54, 1.807) is 0 Å². The third-order valence-corrected chi connectivity index (χ3v) is 6.04. The molecule has 28 heavy (non-hydrogen) atoms. The SMILES string of the molecule is CCCCCCCCCCCC(=O)OCCCCCCCCCCC(C)CC. The first-order valence-electron chi connectivity index (χ1n) is 12.9. The molecule has 0 aromatic heterocycles. The van der Waals surface area contributed by atoms with Crippen LogP contribution in [0.2, 0.25) is 0 Å². The highest BCUT2D eigenvalue weighted by atomic mass is 16.5. The first-order valence-corrected chi connectivity index (χ1v) is 12.9. The predicted octanol–water partition coefficient (Wildman–Crippen LogP) is 9.01. The fourth-order valence-electron chi connectivity index (χ4n) is 3.70. The normalized spacial score (nSPS) is 12.2. The minimum Gasteiger partial charge on any atom is -0.466 e. The zero-order valence-electron chi connectivity index (χ0n) is 19.7. The summed E-state index contributed by atoms with van der Waals surface area (Å²) in [7, 11) is 0. The second-order valence-corrected chi connectivity index (χ2v) is 8.93. The zero-order chi connectivity index (χ0) is 20.7. The van der Waals surface area contributed by atoms with Crippen LogP contribution < -0.4 is 0 Å². The monoisotopic (exact) mass is 396 g/mol. The molecule has 2 heteroatoms. The Hall–Kier alpha value is -0.530. The van der Waals surface area contributed by atoms with Crippen molar-refractivity contribution in [3.63, 3.8) is 0 Å². The van der Waals surface area contributed by atoms with Gasteiger partial charge in [0.1, 0.15) is 0 Å². The number of hydrogen-bond acceptors (Lipinski definition) is 2. The molecule has 0 N–H and O–H groups in total. The molecule has 0 saturated carbocycles. The minimum atomic E-state index is 0.0178. The van der Waals surface area contributed by atoms with Crippen molar-refractivity contribution in [3.05, 3.63) is 0 Å². The molecule has 0 saturated heterocycles. The van der Waals surface area contributed by atoms with E-state index in [0.717, 1.165) is 18.8 Å². The number of rotatable bonds is 22. The van der Waals surface area contributed by atoms with Gasteiger partial charge >= 0.3 is 5.97 Å². The van der Waals surface area contributed by atoms with Gasteiger partial charge in [0.2, 0.25) is 0 Å². The molecule has 2 nitrogen and oxygen atoms in total. The van der Waals surface area contributed by atoms with Crippen LogP contribution in [0.4, 0.5) is 0 Å². The fourth-order valence-corrected chi connectivity index (χ4v) is 3.70. The summed E-state index contributed by atoms with van der Waals surface area (Å²) in [5.41, 5.74) is 0. The van der Waals surface area contributed by atoms with E-state index in [0.29, 0.717) is 13.0 Å². The Kier molecular flexibility index (Phi) is 22.3. The molecule has 0 aromatic rings. The Labute approximate surface area is 177 Å². The van der Waals surface area contributed by atoms with Gasteiger partial charge in [-0.2, -0.15) is 0 Å². The first kappa shape index (κ1) is 27.5. The second-order valence-electron chi connectivity index (χ2n) is 8.93. The molecule has 168 valence electrons. The molecule has 0 fully saturated rings. The molecule has 0 heterocycles. The van der Waals surface area contributed by atoms with Crippen LogP contribution in [0, 0.1) is 5.92 Å². The van der Waals surface area contributed by atoms with Gasteiger partial charge < -0.3 is 4.74 Å². The lowest BCUT2D eigenvalue weighted by atomic mass is 10.00. The highest BCUT2D eigenvalue weighted by Gasteiger charge is 2.03. The maximum absolute atomic E-state index is 11.7. The van der Waals surface area contributed by atoms with Gasteiger partial charge in [-0.1, -0.05) is 130 Å². The van der Waals surface area contributed by atoms with Crippen molar-refractivity contribution >= 4 is 5.97 Å². The highest BCUT2D eigenvalue weighted by molar-refractivity contribution is 5.69. The van der Waals surface area contributed by atoms with Gasteiger partial charge in [-0.05, 0) is 18.8 Å². The van der Waals surface area contributed by atoms with Crippen molar-refractivity contribution in [2.45, 2.75) is 149 Å². The largest absolute Gasteiger partial charge is 0.466 e. The lowest BCUT2D eigenvalue weighted by molar-refractivity contribution is -0.143. The van der Waals surface area contributed by atoms with E-state index in [2.05, 4.69) is 20.8 Å². The van der Waals surface area contributed by atoms with Gasteiger partial charge in [-0.15, -0.1) is 0 Å². The molecule has 0 amide bonds. The van der Waals surface area contributed by atoms with Crippen LogP contribution >= 0.6 is 0 Å². The quantitative estimate of drug-likeness (QED) is 0.135. The molecular weight excluding hydrogens is 344 g/mol. The van der Waals surface area contributed by atoms with E-state index >= 15 is 0 Å². The van der Waals surface area contributed by atoms with Gasteiger partial charge in [0.25, 0.3) is 0 Å². The number of unbranched alkanes of at least 4 members (excludes halogenated alkanes) is 15. The summed E-state index contributed by atoms with van der Waals surface area (Å²) in [4.78, 5) is 11.7. The molecular formula is C26H52O2. The average molecular weight is 397 g/mol. The third-order valence-electron chi connectivity index (χ3n) is 6.04. The molecule has 0 bridgehead atoms. The van der Waals surface area contributed by atoms with Crippen molar-refractivity contribution in [1.29, 1.82) is 0 Å². The molecule has 0 radical (unpaired) electrons. The Morgan fingerprint density at radius 1 is 0.643 bits per heavy atom. The van der Waals surface area contributed by atoms with Crippen LogP contribution in [0.15, 0.2) is 0 Å². The number of ether oxygens (including phenoxy) is 1. The van der Waals surface area contributed by atoms with Crippen LogP contribution in [0.5, 0.6) is 0 Å². The Bertz CT molecular complexity index is 314. The summed E-state index contributed by atoms with van der Waals surface area (Å²) in [5.74, 6) is 0.923. The van der Waals surface area contributed by atoms with Gasteiger partial charge in [-0.25, -0.2) is 0 Å². The van der Waals surface area contributed by atoms with E-state index in [1.165, 1.54) is 109 Å². The zero-order valence-corrected chi connectivity index (χ0v) is 19.7. The summed E-state index contributed by atoms with van der Waals surface area (Å²) in [6, 6.07) is 0. The lowest BCUT2D eigenvalue weighted by Gasteiger charge is -2.07. The molecule has 0 aliphatic rings. The fraction of sp³-hybridized carbons (Fsp3) is 0.962. The van der Waals surface area contributed by atoms with Crippen LogP contribution in [0.3, 0.4) is 0 Å². The van der Waals surface area contributed by atoms with Crippen LogP contribution in [0.25, 0.3) is 0 Å². The Balaban J connectivity index is 3.17. The molecule has 0 aliphatic heterocycles. The number of esters is 1. The van der Waals surface area contributed by atoms with Crippen LogP contribution in [-0.2, 0) is 9.53 Å². The van der Waals surface area contributed by atoms with Crippen molar-refractivity contribution in [2.24, 2.45) is 5.92 Å².